The minimum Gasteiger partial charge on any atom is -0.261 e. The molecule has 1 aromatic carbocycles. The van der Waals surface area contributed by atoms with Gasteiger partial charge in [-0.15, -0.1) is 5.10 Å². The number of H-pyrrole nitrogens is 1. The van der Waals surface area contributed by atoms with Crippen LogP contribution in [-0.4, -0.2) is 23.6 Å². The molecule has 0 fully saturated rings. The highest BCUT2D eigenvalue weighted by Crippen LogP contribution is 2.18. The number of aromatic nitrogens is 3. The van der Waals surface area contributed by atoms with E-state index in [2.05, 4.69) is 19.9 Å². The second-order valence-electron chi connectivity index (χ2n) is 3.76. The highest BCUT2D eigenvalue weighted by Gasteiger charge is 2.19. The summed E-state index contributed by atoms with van der Waals surface area (Å²) in [5, 5.41) is 6.19. The fourth-order valence-electron chi connectivity index (χ4n) is 1.48. The molecule has 0 amide bonds. The van der Waals surface area contributed by atoms with Crippen molar-refractivity contribution in [2.45, 2.75) is 18.7 Å². The summed E-state index contributed by atoms with van der Waals surface area (Å²) in [5.41, 5.74) is 0.315. The number of nitrogens with one attached hydrogen (secondary N) is 2. The van der Waals surface area contributed by atoms with Crippen molar-refractivity contribution in [3.05, 3.63) is 35.4 Å². The van der Waals surface area contributed by atoms with Crippen molar-refractivity contribution in [1.82, 2.24) is 15.2 Å². The Kier molecular flexibility index (Phi) is 3.04. The molecule has 0 bridgehead atoms. The molecule has 1 aromatic heterocycles. The summed E-state index contributed by atoms with van der Waals surface area (Å²) >= 11 is 0. The van der Waals surface area contributed by atoms with E-state index >= 15 is 0 Å². The van der Waals surface area contributed by atoms with E-state index in [1.54, 1.807) is 6.92 Å². The lowest BCUT2D eigenvalue weighted by Gasteiger charge is -2.07. The average molecular weight is 270 g/mol. The minimum absolute atomic E-state index is 0.00801. The number of hydrogen-bond donors (Lipinski definition) is 2. The van der Waals surface area contributed by atoms with Crippen LogP contribution in [0.1, 0.15) is 11.4 Å². The van der Waals surface area contributed by atoms with Crippen molar-refractivity contribution in [3.8, 4) is 0 Å². The van der Waals surface area contributed by atoms with Crippen molar-refractivity contribution in [2.75, 3.05) is 4.72 Å². The number of sulfonamides is 1. The second-order valence-corrected chi connectivity index (χ2v) is 5.41. The van der Waals surface area contributed by atoms with Gasteiger partial charge in [-0.3, -0.25) is 5.10 Å². The highest BCUT2D eigenvalue weighted by atomic mass is 32.2. The van der Waals surface area contributed by atoms with Gasteiger partial charge in [-0.1, -0.05) is 0 Å². The average Bonchev–Trinajstić information content (AvgIpc) is 2.62. The van der Waals surface area contributed by atoms with Crippen LogP contribution in [0.25, 0.3) is 0 Å². The second kappa shape index (κ2) is 4.37. The van der Waals surface area contributed by atoms with Crippen molar-refractivity contribution in [3.63, 3.8) is 0 Å². The molecule has 8 heteroatoms. The molecule has 2 N–H and O–H groups in total. The van der Waals surface area contributed by atoms with E-state index < -0.39 is 15.8 Å². The molecule has 0 aliphatic heterocycles. The Bertz CT molecular complexity index is 681. The largest absolute Gasteiger partial charge is 0.264 e. The van der Waals surface area contributed by atoms with E-state index in [0.717, 1.165) is 12.1 Å². The van der Waals surface area contributed by atoms with Gasteiger partial charge in [0, 0.05) is 0 Å². The first kappa shape index (κ1) is 12.5. The molecule has 2 aromatic rings. The summed E-state index contributed by atoms with van der Waals surface area (Å²) in [6, 6.07) is 3.44. The van der Waals surface area contributed by atoms with Crippen molar-refractivity contribution < 1.29 is 12.8 Å². The summed E-state index contributed by atoms with van der Waals surface area (Å²) in [5.74, 6) is -0.0417. The molecule has 0 aliphatic rings. The molecule has 1 heterocycles. The van der Waals surface area contributed by atoms with Gasteiger partial charge in [0.25, 0.3) is 16.0 Å². The number of nitrogens with zero attached hydrogens (tertiary/aromatic N) is 2. The van der Waals surface area contributed by atoms with Crippen molar-refractivity contribution in [1.29, 1.82) is 0 Å². The molecule has 0 aliphatic carbocycles. The summed E-state index contributed by atoms with van der Waals surface area (Å²) in [6.07, 6.45) is 0. The van der Waals surface area contributed by atoms with Gasteiger partial charge in [0.2, 0.25) is 0 Å². The summed E-state index contributed by atoms with van der Waals surface area (Å²) in [7, 11) is -3.81. The van der Waals surface area contributed by atoms with E-state index in [1.165, 1.54) is 13.0 Å². The molecule has 18 heavy (non-hydrogen) atoms. The number of anilines is 1. The molecular weight excluding hydrogens is 259 g/mol. The molecular formula is C10H11FN4O2S. The minimum atomic E-state index is -3.81. The fraction of sp³-hybridized carbons (Fsp3) is 0.200. The van der Waals surface area contributed by atoms with Crippen LogP contribution in [0.2, 0.25) is 0 Å². The maximum atomic E-state index is 12.9. The molecule has 96 valence electrons. The maximum absolute atomic E-state index is 12.9. The van der Waals surface area contributed by atoms with Crippen LogP contribution < -0.4 is 4.72 Å². The predicted octanol–water partition coefficient (Wildman–Crippen LogP) is 1.36. The third kappa shape index (κ3) is 2.48. The first-order valence-corrected chi connectivity index (χ1v) is 6.55. The maximum Gasteiger partial charge on any atom is 0.264 e. The first-order chi connectivity index (χ1) is 8.38. The first-order valence-electron chi connectivity index (χ1n) is 5.06. The Hall–Kier alpha value is -1.96. The van der Waals surface area contributed by atoms with Crippen LogP contribution in [0.15, 0.2) is 23.1 Å². The lowest BCUT2D eigenvalue weighted by molar-refractivity contribution is 0.598. The SMILES string of the molecule is Cc1nc(NS(=O)(=O)c2ccc(F)cc2C)n[nH]1. The molecule has 0 saturated carbocycles. The van der Waals surface area contributed by atoms with Crippen LogP contribution >= 0.6 is 0 Å². The Morgan fingerprint density at radius 1 is 1.33 bits per heavy atom. The molecule has 0 radical (unpaired) electrons. The third-order valence-corrected chi connectivity index (χ3v) is 3.74. The van der Waals surface area contributed by atoms with Gasteiger partial charge in [0.15, 0.2) is 0 Å². The number of rotatable bonds is 3. The van der Waals surface area contributed by atoms with E-state index in [1.807, 2.05) is 0 Å². The van der Waals surface area contributed by atoms with Gasteiger partial charge >= 0.3 is 0 Å². The lowest BCUT2D eigenvalue weighted by atomic mass is 10.2. The Morgan fingerprint density at radius 2 is 2.06 bits per heavy atom. The fourth-order valence-corrected chi connectivity index (χ4v) is 2.65. The normalized spacial score (nSPS) is 11.5. The van der Waals surface area contributed by atoms with E-state index in [0.29, 0.717) is 11.4 Å². The number of aryl methyl sites for hydroxylation is 2. The quantitative estimate of drug-likeness (QED) is 0.881. The van der Waals surface area contributed by atoms with E-state index in [-0.39, 0.29) is 10.8 Å². The lowest BCUT2D eigenvalue weighted by Crippen LogP contribution is -2.15. The Labute approximate surface area is 103 Å². The molecule has 6 nitrogen and oxygen atoms in total. The molecule has 0 atom stereocenters. The molecule has 0 spiro atoms. The van der Waals surface area contributed by atoms with Gasteiger partial charge in [-0.2, -0.15) is 4.98 Å². The topological polar surface area (TPSA) is 87.7 Å². The highest BCUT2D eigenvalue weighted by molar-refractivity contribution is 7.92. The summed E-state index contributed by atoms with van der Waals surface area (Å²) in [6.45, 7) is 3.16. The summed E-state index contributed by atoms with van der Waals surface area (Å²) in [4.78, 5) is 3.83. The van der Waals surface area contributed by atoms with Gasteiger partial charge in [-0.05, 0) is 37.6 Å². The monoisotopic (exact) mass is 270 g/mol. The summed E-state index contributed by atoms with van der Waals surface area (Å²) < 4.78 is 39.2. The van der Waals surface area contributed by atoms with Gasteiger partial charge in [-0.25, -0.2) is 17.5 Å². The predicted molar refractivity (Wildman–Crippen MR) is 63.1 cm³/mol. The zero-order valence-electron chi connectivity index (χ0n) is 9.73. The molecule has 0 unspecified atom stereocenters. The number of aromatic amines is 1. The van der Waals surface area contributed by atoms with Crippen LogP contribution in [0.5, 0.6) is 0 Å². The van der Waals surface area contributed by atoms with E-state index in [9.17, 15) is 12.8 Å². The van der Waals surface area contributed by atoms with Crippen LogP contribution in [0.3, 0.4) is 0 Å². The van der Waals surface area contributed by atoms with Crippen LogP contribution in [0.4, 0.5) is 10.3 Å². The number of hydrogen-bond acceptors (Lipinski definition) is 4. The smallest absolute Gasteiger partial charge is 0.261 e. The number of benzene rings is 1. The van der Waals surface area contributed by atoms with Gasteiger partial charge in [0.1, 0.15) is 11.6 Å². The van der Waals surface area contributed by atoms with E-state index in [4.69, 9.17) is 0 Å². The van der Waals surface area contributed by atoms with Gasteiger partial charge < -0.3 is 0 Å². The standard InChI is InChI=1S/C10H11FN4O2S/c1-6-5-8(11)3-4-9(6)18(16,17)15-10-12-7(2)13-14-10/h3-5H,1-2H3,(H2,12,13,14,15). The van der Waals surface area contributed by atoms with Crippen molar-refractivity contribution in [2.24, 2.45) is 0 Å². The molecule has 2 rings (SSSR count). The van der Waals surface area contributed by atoms with Crippen LogP contribution in [-0.2, 0) is 10.0 Å². The number of halogens is 1. The molecule has 0 saturated heterocycles. The van der Waals surface area contributed by atoms with Gasteiger partial charge in [0.05, 0.1) is 4.90 Å². The zero-order chi connectivity index (χ0) is 13.3. The van der Waals surface area contributed by atoms with Crippen molar-refractivity contribution >= 4 is 16.0 Å². The Morgan fingerprint density at radius 3 is 2.61 bits per heavy atom. The Balaban J connectivity index is 2.36. The third-order valence-electron chi connectivity index (χ3n) is 2.25. The zero-order valence-corrected chi connectivity index (χ0v) is 10.5. The van der Waals surface area contributed by atoms with Crippen LogP contribution in [0, 0.1) is 19.7 Å².